The van der Waals surface area contributed by atoms with Crippen LogP contribution in [0.15, 0.2) is 60.7 Å². The van der Waals surface area contributed by atoms with Crippen molar-refractivity contribution in [1.29, 1.82) is 0 Å². The highest BCUT2D eigenvalue weighted by Gasteiger charge is 2.29. The molecule has 1 atom stereocenters. The number of ether oxygens (including phenoxy) is 2. The first kappa shape index (κ1) is 23.5. The van der Waals surface area contributed by atoms with Gasteiger partial charge in [-0.25, -0.2) is 0 Å². The summed E-state index contributed by atoms with van der Waals surface area (Å²) in [6.07, 6.45) is 1.40. The average molecular weight is 469 g/mol. The molecule has 3 aromatic carbocycles. The fourth-order valence-corrected chi connectivity index (χ4v) is 4.31. The maximum Gasteiger partial charge on any atom is 0.387 e. The Morgan fingerprint density at radius 1 is 1.09 bits per heavy atom. The van der Waals surface area contributed by atoms with Crippen LogP contribution in [0.2, 0.25) is 0 Å². The topological polar surface area (TPSA) is 67.9 Å². The van der Waals surface area contributed by atoms with Crippen LogP contribution < -0.4 is 14.8 Å². The van der Waals surface area contributed by atoms with E-state index in [9.17, 15) is 18.4 Å². The number of nitrogens with one attached hydrogen (secondary N) is 1. The lowest BCUT2D eigenvalue weighted by atomic mass is 9.95. The molecule has 1 aliphatic heterocycles. The fourth-order valence-electron chi connectivity index (χ4n) is 4.31. The van der Waals surface area contributed by atoms with E-state index in [-0.39, 0.29) is 35.8 Å². The van der Waals surface area contributed by atoms with Gasteiger partial charge in [-0.2, -0.15) is 8.78 Å². The van der Waals surface area contributed by atoms with Gasteiger partial charge in [-0.3, -0.25) is 9.59 Å². The minimum absolute atomic E-state index is 0.0850. The molecule has 1 aliphatic rings. The second-order valence-corrected chi connectivity index (χ2v) is 8.20. The Bertz CT molecular complexity index is 1180. The SMILES string of the molecule is COc1ccc(CNC(=O)C2CCCN(C(=O)c3cccc4ccccc34)C2)cc1OC(F)F. The first-order valence-corrected chi connectivity index (χ1v) is 11.1. The van der Waals surface area contributed by atoms with Gasteiger partial charge < -0.3 is 19.7 Å². The van der Waals surface area contributed by atoms with Crippen molar-refractivity contribution < 1.29 is 27.8 Å². The number of carbonyl (C=O) groups excluding carboxylic acids is 2. The lowest BCUT2D eigenvalue weighted by molar-refractivity contribution is -0.126. The molecule has 2 amide bonds. The predicted octanol–water partition coefficient (Wildman–Crippen LogP) is 4.62. The molecule has 1 N–H and O–H groups in total. The maximum atomic E-state index is 13.3. The molecule has 4 rings (SSSR count). The van der Waals surface area contributed by atoms with Crippen LogP contribution >= 0.6 is 0 Å². The summed E-state index contributed by atoms with van der Waals surface area (Å²) in [5, 5.41) is 4.74. The van der Waals surface area contributed by atoms with Crippen LogP contribution in [0.25, 0.3) is 10.8 Å². The van der Waals surface area contributed by atoms with Crippen molar-refractivity contribution in [2.24, 2.45) is 5.92 Å². The van der Waals surface area contributed by atoms with Crippen LogP contribution in [0, 0.1) is 5.92 Å². The molecular formula is C26H26F2N2O4. The van der Waals surface area contributed by atoms with Crippen LogP contribution in [0.3, 0.4) is 0 Å². The highest BCUT2D eigenvalue weighted by Crippen LogP contribution is 2.29. The lowest BCUT2D eigenvalue weighted by Gasteiger charge is -2.32. The number of carbonyl (C=O) groups is 2. The van der Waals surface area contributed by atoms with Crippen molar-refractivity contribution in [2.45, 2.75) is 26.0 Å². The Labute approximate surface area is 196 Å². The maximum absolute atomic E-state index is 13.3. The fraction of sp³-hybridized carbons (Fsp3) is 0.308. The number of benzene rings is 3. The van der Waals surface area contributed by atoms with E-state index in [0.717, 1.165) is 17.2 Å². The molecule has 1 unspecified atom stereocenters. The number of methoxy groups -OCH3 is 1. The first-order chi connectivity index (χ1) is 16.5. The molecule has 0 bridgehead atoms. The van der Waals surface area contributed by atoms with E-state index in [2.05, 4.69) is 10.1 Å². The van der Waals surface area contributed by atoms with Gasteiger partial charge in [0.25, 0.3) is 5.91 Å². The zero-order valence-corrected chi connectivity index (χ0v) is 18.8. The van der Waals surface area contributed by atoms with E-state index in [4.69, 9.17) is 4.74 Å². The molecule has 178 valence electrons. The number of alkyl halides is 2. The van der Waals surface area contributed by atoms with Crippen LogP contribution in [0.4, 0.5) is 8.78 Å². The van der Waals surface area contributed by atoms with Gasteiger partial charge in [-0.15, -0.1) is 0 Å². The molecule has 34 heavy (non-hydrogen) atoms. The lowest BCUT2D eigenvalue weighted by Crippen LogP contribution is -2.45. The summed E-state index contributed by atoms with van der Waals surface area (Å²) in [6.45, 7) is -1.91. The van der Waals surface area contributed by atoms with Crippen LogP contribution in [-0.2, 0) is 11.3 Å². The monoisotopic (exact) mass is 468 g/mol. The molecule has 1 saturated heterocycles. The Kier molecular flexibility index (Phi) is 7.25. The number of halogens is 2. The number of likely N-dealkylation sites (tertiary alicyclic amines) is 1. The largest absolute Gasteiger partial charge is 0.493 e. The average Bonchev–Trinajstić information content (AvgIpc) is 2.86. The molecule has 0 aromatic heterocycles. The van der Waals surface area contributed by atoms with Gasteiger partial charge in [-0.1, -0.05) is 42.5 Å². The van der Waals surface area contributed by atoms with Crippen LogP contribution in [0.1, 0.15) is 28.8 Å². The molecule has 6 nitrogen and oxygen atoms in total. The molecule has 0 saturated carbocycles. The van der Waals surface area contributed by atoms with E-state index in [1.54, 1.807) is 11.0 Å². The minimum atomic E-state index is -2.98. The highest BCUT2D eigenvalue weighted by atomic mass is 19.3. The van der Waals surface area contributed by atoms with E-state index < -0.39 is 6.61 Å². The smallest absolute Gasteiger partial charge is 0.387 e. The Hall–Kier alpha value is -3.68. The number of piperidine rings is 1. The molecule has 3 aromatic rings. The molecular weight excluding hydrogens is 442 g/mol. The van der Waals surface area contributed by atoms with Gasteiger partial charge >= 0.3 is 6.61 Å². The minimum Gasteiger partial charge on any atom is -0.493 e. The standard InChI is InChI=1S/C26H26F2N2O4/c1-33-22-12-11-17(14-23(22)34-26(27)28)15-29-24(31)19-8-5-13-30(16-19)25(32)21-10-4-7-18-6-2-3-9-20(18)21/h2-4,6-7,9-12,14,19,26H,5,8,13,15-16H2,1H3,(H,29,31). The Balaban J connectivity index is 1.40. The van der Waals surface area contributed by atoms with Crippen molar-refractivity contribution in [3.8, 4) is 11.5 Å². The summed E-state index contributed by atoms with van der Waals surface area (Å²) in [6, 6.07) is 18.0. The second kappa shape index (κ2) is 10.5. The van der Waals surface area contributed by atoms with Crippen LogP contribution in [-0.4, -0.2) is 43.5 Å². The van der Waals surface area contributed by atoms with Crippen molar-refractivity contribution in [3.05, 3.63) is 71.8 Å². The summed E-state index contributed by atoms with van der Waals surface area (Å²) >= 11 is 0. The van der Waals surface area contributed by atoms with Gasteiger partial charge in [0, 0.05) is 25.2 Å². The molecule has 0 aliphatic carbocycles. The first-order valence-electron chi connectivity index (χ1n) is 11.1. The third-order valence-corrected chi connectivity index (χ3v) is 6.01. The second-order valence-electron chi connectivity index (χ2n) is 8.20. The third-order valence-electron chi connectivity index (χ3n) is 6.01. The highest BCUT2D eigenvalue weighted by molar-refractivity contribution is 6.07. The van der Waals surface area contributed by atoms with E-state index >= 15 is 0 Å². The van der Waals surface area contributed by atoms with Crippen molar-refractivity contribution >= 4 is 22.6 Å². The van der Waals surface area contributed by atoms with Gasteiger partial charge in [0.1, 0.15) is 0 Å². The van der Waals surface area contributed by atoms with E-state index in [0.29, 0.717) is 30.6 Å². The third kappa shape index (κ3) is 5.27. The Morgan fingerprint density at radius 3 is 2.68 bits per heavy atom. The summed E-state index contributed by atoms with van der Waals surface area (Å²) in [5.41, 5.74) is 1.23. The number of hydrogen-bond donors (Lipinski definition) is 1. The summed E-state index contributed by atoms with van der Waals surface area (Å²) < 4.78 is 34.8. The quantitative estimate of drug-likeness (QED) is 0.550. The predicted molar refractivity (Wildman–Crippen MR) is 124 cm³/mol. The van der Waals surface area contributed by atoms with E-state index in [1.165, 1.54) is 19.2 Å². The molecule has 0 spiro atoms. The van der Waals surface area contributed by atoms with Gasteiger partial charge in [0.2, 0.25) is 5.91 Å². The summed E-state index contributed by atoms with van der Waals surface area (Å²) in [4.78, 5) is 27.8. The molecule has 0 radical (unpaired) electrons. The molecule has 1 heterocycles. The van der Waals surface area contributed by atoms with Gasteiger partial charge in [0.15, 0.2) is 11.5 Å². The molecule has 1 fully saturated rings. The summed E-state index contributed by atoms with van der Waals surface area (Å²) in [5.74, 6) is -0.512. The van der Waals surface area contributed by atoms with Gasteiger partial charge in [-0.05, 0) is 47.4 Å². The van der Waals surface area contributed by atoms with Crippen molar-refractivity contribution in [2.75, 3.05) is 20.2 Å². The number of hydrogen-bond acceptors (Lipinski definition) is 4. The zero-order valence-electron chi connectivity index (χ0n) is 18.8. The Morgan fingerprint density at radius 2 is 1.88 bits per heavy atom. The number of nitrogens with zero attached hydrogens (tertiary/aromatic N) is 1. The van der Waals surface area contributed by atoms with Crippen LogP contribution in [0.5, 0.6) is 11.5 Å². The van der Waals surface area contributed by atoms with E-state index in [1.807, 2.05) is 42.5 Å². The summed E-state index contributed by atoms with van der Waals surface area (Å²) in [7, 11) is 1.36. The molecule has 8 heteroatoms. The number of rotatable bonds is 7. The van der Waals surface area contributed by atoms with Gasteiger partial charge in [0.05, 0.1) is 13.0 Å². The zero-order chi connectivity index (χ0) is 24.1. The van der Waals surface area contributed by atoms with Crippen molar-refractivity contribution in [1.82, 2.24) is 10.2 Å². The van der Waals surface area contributed by atoms with Crippen molar-refractivity contribution in [3.63, 3.8) is 0 Å². The number of fused-ring (bicyclic) bond motifs is 1. The normalized spacial score (nSPS) is 15.9. The number of amides is 2.